The number of carbonyl (C=O) groups excluding carboxylic acids is 2. The predicted molar refractivity (Wildman–Crippen MR) is 106 cm³/mol. The quantitative estimate of drug-likeness (QED) is 0.650. The van der Waals surface area contributed by atoms with E-state index in [2.05, 4.69) is 10.6 Å². The number of anilines is 2. The maximum atomic E-state index is 12.4. The van der Waals surface area contributed by atoms with Gasteiger partial charge in [0.05, 0.1) is 1.37 Å². The van der Waals surface area contributed by atoms with E-state index >= 15 is 0 Å². The van der Waals surface area contributed by atoms with Crippen LogP contribution < -0.4 is 10.6 Å². The van der Waals surface area contributed by atoms with Crippen LogP contribution in [0.4, 0.5) is 11.4 Å². The molecule has 0 saturated heterocycles. The molecule has 0 saturated carbocycles. The van der Waals surface area contributed by atoms with Crippen LogP contribution in [0, 0.1) is 0 Å². The zero-order chi connectivity index (χ0) is 19.4. The van der Waals surface area contributed by atoms with Gasteiger partial charge in [-0.25, -0.2) is 0 Å². The van der Waals surface area contributed by atoms with Crippen molar-refractivity contribution >= 4 is 23.1 Å². The van der Waals surface area contributed by atoms with Crippen LogP contribution in [0.25, 0.3) is 11.1 Å². The minimum atomic E-state index is -0.316. The standard InChI is InChI=1S/C22H20N2O2/c1-15(25)18-4-3-5-19(14-18)22(26)24-21-12-8-17(9-13-21)16-6-10-20(23-2)11-7-16/h3-14,23H,1-2H3,(H,24,26)/i8D. The van der Waals surface area contributed by atoms with Crippen LogP contribution in [-0.2, 0) is 0 Å². The average Bonchev–Trinajstić information content (AvgIpc) is 2.68. The molecule has 1 amide bonds. The molecule has 3 rings (SSSR count). The van der Waals surface area contributed by atoms with Crippen molar-refractivity contribution < 1.29 is 11.0 Å². The Bertz CT molecular complexity index is 997. The predicted octanol–water partition coefficient (Wildman–Crippen LogP) is 4.85. The van der Waals surface area contributed by atoms with E-state index in [0.29, 0.717) is 22.9 Å². The molecule has 0 aliphatic carbocycles. The molecule has 26 heavy (non-hydrogen) atoms. The van der Waals surface area contributed by atoms with Gasteiger partial charge in [-0.1, -0.05) is 36.4 Å². The van der Waals surface area contributed by atoms with Gasteiger partial charge >= 0.3 is 0 Å². The third-order valence-electron chi connectivity index (χ3n) is 4.09. The number of hydrogen-bond donors (Lipinski definition) is 2. The van der Waals surface area contributed by atoms with Crippen LogP contribution in [0.1, 0.15) is 29.0 Å². The smallest absolute Gasteiger partial charge is 0.255 e. The molecule has 0 atom stereocenters. The monoisotopic (exact) mass is 345 g/mol. The molecule has 3 aromatic rings. The van der Waals surface area contributed by atoms with Crippen LogP contribution in [-0.4, -0.2) is 18.7 Å². The van der Waals surface area contributed by atoms with Gasteiger partial charge < -0.3 is 10.6 Å². The fourth-order valence-electron chi connectivity index (χ4n) is 2.58. The maximum Gasteiger partial charge on any atom is 0.255 e. The number of Topliss-reactive ketones (excluding diaryl/α,β-unsaturated/α-hetero) is 1. The number of carbonyl (C=O) groups is 2. The molecule has 0 bridgehead atoms. The summed E-state index contributed by atoms with van der Waals surface area (Å²) in [5.74, 6) is -0.407. The number of nitrogens with one attached hydrogen (secondary N) is 2. The lowest BCUT2D eigenvalue weighted by Gasteiger charge is -2.08. The van der Waals surface area contributed by atoms with E-state index in [-0.39, 0.29) is 11.7 Å². The second kappa shape index (κ2) is 7.66. The zero-order valence-corrected chi connectivity index (χ0v) is 14.7. The molecule has 4 heteroatoms. The topological polar surface area (TPSA) is 58.2 Å². The summed E-state index contributed by atoms with van der Waals surface area (Å²) < 4.78 is 8.28. The minimum absolute atomic E-state index is 0.0910. The van der Waals surface area contributed by atoms with Gasteiger partial charge in [0.2, 0.25) is 0 Å². The van der Waals surface area contributed by atoms with Gasteiger partial charge in [-0.05, 0) is 54.4 Å². The normalized spacial score (nSPS) is 10.8. The largest absolute Gasteiger partial charge is 0.388 e. The molecular weight excluding hydrogens is 324 g/mol. The van der Waals surface area contributed by atoms with Gasteiger partial charge in [0.1, 0.15) is 0 Å². The average molecular weight is 345 g/mol. The molecular formula is C22H20N2O2. The van der Waals surface area contributed by atoms with Gasteiger partial charge in [-0.3, -0.25) is 9.59 Å². The number of benzene rings is 3. The highest BCUT2D eigenvalue weighted by molar-refractivity contribution is 6.06. The van der Waals surface area contributed by atoms with E-state index < -0.39 is 0 Å². The second-order valence-corrected chi connectivity index (χ2v) is 5.91. The molecule has 0 aliphatic heterocycles. The Kier molecular flexibility index (Phi) is 4.74. The van der Waals surface area contributed by atoms with Gasteiger partial charge in [-0.15, -0.1) is 0 Å². The Morgan fingerprint density at radius 2 is 1.50 bits per heavy atom. The molecule has 0 aliphatic rings. The summed E-state index contributed by atoms with van der Waals surface area (Å²) in [5.41, 5.74) is 4.15. The van der Waals surface area contributed by atoms with Crippen molar-refractivity contribution in [2.75, 3.05) is 17.7 Å². The highest BCUT2D eigenvalue weighted by Gasteiger charge is 2.09. The Hall–Kier alpha value is -3.40. The molecule has 4 nitrogen and oxygen atoms in total. The summed E-state index contributed by atoms with van der Waals surface area (Å²) in [4.78, 5) is 23.9. The SMILES string of the molecule is [2H]c1cc(NC(=O)c2cccc(C(C)=O)c2)ccc1-c1ccc(NC)cc1. The Morgan fingerprint density at radius 3 is 2.15 bits per heavy atom. The number of hydrogen-bond acceptors (Lipinski definition) is 3. The van der Waals surface area contributed by atoms with Crippen LogP contribution in [0.2, 0.25) is 0 Å². The zero-order valence-electron chi connectivity index (χ0n) is 15.7. The third kappa shape index (κ3) is 3.98. The van der Waals surface area contributed by atoms with E-state index in [0.717, 1.165) is 16.8 Å². The first-order valence-corrected chi connectivity index (χ1v) is 8.29. The fraction of sp³-hybridized carbons (Fsp3) is 0.0909. The minimum Gasteiger partial charge on any atom is -0.388 e. The van der Waals surface area contributed by atoms with E-state index in [1.165, 1.54) is 6.92 Å². The van der Waals surface area contributed by atoms with Crippen LogP contribution in [0.15, 0.2) is 72.8 Å². The Morgan fingerprint density at radius 1 is 0.846 bits per heavy atom. The summed E-state index contributed by atoms with van der Waals surface area (Å²) in [6.45, 7) is 1.46. The molecule has 130 valence electrons. The summed E-state index contributed by atoms with van der Waals surface area (Å²) in [6, 6.07) is 19.9. The summed E-state index contributed by atoms with van der Waals surface area (Å²) >= 11 is 0. The first-order valence-electron chi connectivity index (χ1n) is 8.79. The van der Waals surface area contributed by atoms with Crippen molar-refractivity contribution in [2.45, 2.75) is 6.92 Å². The van der Waals surface area contributed by atoms with Crippen molar-refractivity contribution in [2.24, 2.45) is 0 Å². The van der Waals surface area contributed by atoms with Crippen LogP contribution in [0.3, 0.4) is 0 Å². The molecule has 0 spiro atoms. The molecule has 0 aromatic heterocycles. The Balaban J connectivity index is 1.80. The molecule has 2 N–H and O–H groups in total. The van der Waals surface area contributed by atoms with Gasteiger partial charge in [0.25, 0.3) is 5.91 Å². The van der Waals surface area contributed by atoms with Gasteiger partial charge in [-0.2, -0.15) is 0 Å². The van der Waals surface area contributed by atoms with E-state index in [1.807, 2.05) is 37.4 Å². The molecule has 0 heterocycles. The van der Waals surface area contributed by atoms with Crippen molar-refractivity contribution in [3.63, 3.8) is 0 Å². The van der Waals surface area contributed by atoms with Gasteiger partial charge in [0.15, 0.2) is 5.78 Å². The highest BCUT2D eigenvalue weighted by Crippen LogP contribution is 2.23. The molecule has 0 unspecified atom stereocenters. The summed E-state index contributed by atoms with van der Waals surface area (Å²) in [6.07, 6.45) is 0. The lowest BCUT2D eigenvalue weighted by atomic mass is 10.0. The summed E-state index contributed by atoms with van der Waals surface area (Å²) in [7, 11) is 1.86. The molecule has 0 radical (unpaired) electrons. The lowest BCUT2D eigenvalue weighted by Crippen LogP contribution is -2.12. The first kappa shape index (κ1) is 16.1. The number of rotatable bonds is 5. The van der Waals surface area contributed by atoms with Crippen molar-refractivity contribution in [3.05, 3.63) is 83.9 Å². The van der Waals surface area contributed by atoms with Crippen molar-refractivity contribution in [3.8, 4) is 11.1 Å². The highest BCUT2D eigenvalue weighted by atomic mass is 16.1. The van der Waals surface area contributed by atoms with E-state index in [1.54, 1.807) is 36.4 Å². The summed E-state index contributed by atoms with van der Waals surface area (Å²) in [5, 5.41) is 5.84. The van der Waals surface area contributed by atoms with E-state index in [4.69, 9.17) is 1.37 Å². The Labute approximate surface area is 154 Å². The molecule has 0 fully saturated rings. The third-order valence-corrected chi connectivity index (χ3v) is 4.09. The van der Waals surface area contributed by atoms with E-state index in [9.17, 15) is 9.59 Å². The van der Waals surface area contributed by atoms with Gasteiger partial charge in [0, 0.05) is 29.5 Å². The van der Waals surface area contributed by atoms with Crippen molar-refractivity contribution in [1.82, 2.24) is 0 Å². The maximum absolute atomic E-state index is 12.4. The number of amides is 1. The lowest BCUT2D eigenvalue weighted by molar-refractivity contribution is 0.101. The molecule has 3 aromatic carbocycles. The van der Waals surface area contributed by atoms with Crippen LogP contribution >= 0.6 is 0 Å². The van der Waals surface area contributed by atoms with Crippen molar-refractivity contribution in [1.29, 1.82) is 0 Å². The second-order valence-electron chi connectivity index (χ2n) is 5.91. The fourth-order valence-corrected chi connectivity index (χ4v) is 2.58. The van der Waals surface area contributed by atoms with Crippen LogP contribution in [0.5, 0.6) is 0 Å². The first-order chi connectivity index (χ1) is 13.0. The number of ketones is 1.